The highest BCUT2D eigenvalue weighted by atomic mass is 16.5. The molecule has 4 aliphatic rings. The van der Waals surface area contributed by atoms with Crippen LogP contribution in [0.2, 0.25) is 0 Å². The summed E-state index contributed by atoms with van der Waals surface area (Å²) in [5, 5.41) is 0. The van der Waals surface area contributed by atoms with Gasteiger partial charge in [-0.25, -0.2) is 0 Å². The van der Waals surface area contributed by atoms with Crippen molar-refractivity contribution < 1.29 is 14.3 Å². The Balaban J connectivity index is 1.35. The maximum absolute atomic E-state index is 12.7. The SMILES string of the molecule is COc1ccc(CN2C[C@H]3CC[C@@H](C2)N(CC(=O)N2CCOCC2)C3)cc1. The van der Waals surface area contributed by atoms with Crippen LogP contribution in [0.25, 0.3) is 0 Å². The van der Waals surface area contributed by atoms with Gasteiger partial charge in [0.1, 0.15) is 5.75 Å². The Kier molecular flexibility index (Phi) is 5.95. The molecule has 1 aromatic rings. The van der Waals surface area contributed by atoms with Crippen molar-refractivity contribution in [3.05, 3.63) is 29.8 Å². The Hall–Kier alpha value is -1.63. The molecule has 1 aromatic carbocycles. The molecule has 1 amide bonds. The molecule has 4 fully saturated rings. The zero-order chi connectivity index (χ0) is 18.6. The molecule has 148 valence electrons. The summed E-state index contributed by atoms with van der Waals surface area (Å²) in [5.74, 6) is 1.84. The van der Waals surface area contributed by atoms with E-state index in [9.17, 15) is 4.79 Å². The lowest BCUT2D eigenvalue weighted by Crippen LogP contribution is -2.51. The molecule has 0 saturated carbocycles. The van der Waals surface area contributed by atoms with E-state index in [1.807, 2.05) is 17.0 Å². The first-order valence-corrected chi connectivity index (χ1v) is 10.2. The summed E-state index contributed by atoms with van der Waals surface area (Å²) in [6, 6.07) is 8.88. The van der Waals surface area contributed by atoms with Crippen LogP contribution in [0.1, 0.15) is 18.4 Å². The predicted molar refractivity (Wildman–Crippen MR) is 104 cm³/mol. The largest absolute Gasteiger partial charge is 0.497 e. The van der Waals surface area contributed by atoms with Crippen molar-refractivity contribution in [3.63, 3.8) is 0 Å². The van der Waals surface area contributed by atoms with Gasteiger partial charge in [0, 0.05) is 45.3 Å². The summed E-state index contributed by atoms with van der Waals surface area (Å²) in [7, 11) is 1.70. The fourth-order valence-corrected chi connectivity index (χ4v) is 4.67. The molecule has 0 aliphatic carbocycles. The minimum absolute atomic E-state index is 0.271. The molecular weight excluding hydrogens is 342 g/mol. The van der Waals surface area contributed by atoms with E-state index >= 15 is 0 Å². The summed E-state index contributed by atoms with van der Waals surface area (Å²) >= 11 is 0. The molecule has 2 bridgehead atoms. The first-order chi connectivity index (χ1) is 13.2. The zero-order valence-electron chi connectivity index (χ0n) is 16.3. The van der Waals surface area contributed by atoms with E-state index in [1.54, 1.807) is 7.11 Å². The van der Waals surface area contributed by atoms with Gasteiger partial charge in [0.2, 0.25) is 5.91 Å². The zero-order valence-corrected chi connectivity index (χ0v) is 16.3. The summed E-state index contributed by atoms with van der Waals surface area (Å²) in [5.41, 5.74) is 1.33. The van der Waals surface area contributed by atoms with Crippen molar-refractivity contribution in [1.82, 2.24) is 14.7 Å². The molecular formula is C21H31N3O3. The highest BCUT2D eigenvalue weighted by molar-refractivity contribution is 5.78. The minimum Gasteiger partial charge on any atom is -0.497 e. The number of nitrogens with zero attached hydrogens (tertiary/aromatic N) is 3. The average molecular weight is 373 g/mol. The van der Waals surface area contributed by atoms with E-state index in [0.717, 1.165) is 45.0 Å². The highest BCUT2D eigenvalue weighted by Gasteiger charge is 2.36. The molecule has 2 atom stereocenters. The van der Waals surface area contributed by atoms with Gasteiger partial charge in [0.15, 0.2) is 0 Å². The van der Waals surface area contributed by atoms with Crippen LogP contribution in [0.5, 0.6) is 5.75 Å². The number of hydrogen-bond acceptors (Lipinski definition) is 5. The smallest absolute Gasteiger partial charge is 0.236 e. The number of carbonyl (C=O) groups is 1. The van der Waals surface area contributed by atoms with Crippen LogP contribution < -0.4 is 4.74 Å². The Bertz CT molecular complexity index is 630. The second kappa shape index (κ2) is 8.59. The molecule has 6 nitrogen and oxygen atoms in total. The fourth-order valence-electron chi connectivity index (χ4n) is 4.67. The predicted octanol–water partition coefficient (Wildman–Crippen LogP) is 1.45. The molecule has 0 N–H and O–H groups in total. The van der Waals surface area contributed by atoms with Crippen LogP contribution in [0.4, 0.5) is 0 Å². The van der Waals surface area contributed by atoms with Crippen molar-refractivity contribution in [2.75, 3.05) is 59.6 Å². The van der Waals surface area contributed by atoms with Gasteiger partial charge in [-0.05, 0) is 36.5 Å². The van der Waals surface area contributed by atoms with Crippen LogP contribution in [-0.4, -0.2) is 86.2 Å². The Labute approximate surface area is 162 Å². The quantitative estimate of drug-likeness (QED) is 0.782. The topological polar surface area (TPSA) is 45.2 Å². The average Bonchev–Trinajstić information content (AvgIpc) is 3.00. The molecule has 0 radical (unpaired) electrons. The van der Waals surface area contributed by atoms with Crippen molar-refractivity contribution >= 4 is 5.91 Å². The number of benzene rings is 1. The molecule has 0 spiro atoms. The number of hydrogen-bond donors (Lipinski definition) is 0. The number of piperidine rings is 1. The van der Waals surface area contributed by atoms with Crippen LogP contribution in [-0.2, 0) is 16.1 Å². The minimum atomic E-state index is 0.271. The fraction of sp³-hybridized carbons (Fsp3) is 0.667. The van der Waals surface area contributed by atoms with E-state index in [2.05, 4.69) is 21.9 Å². The molecule has 4 saturated heterocycles. The molecule has 4 aliphatic heterocycles. The number of amides is 1. The number of carbonyl (C=O) groups excluding carboxylic acids is 1. The maximum Gasteiger partial charge on any atom is 0.236 e. The summed E-state index contributed by atoms with van der Waals surface area (Å²) < 4.78 is 10.6. The van der Waals surface area contributed by atoms with Gasteiger partial charge in [0.05, 0.1) is 26.9 Å². The second-order valence-corrected chi connectivity index (χ2v) is 8.06. The van der Waals surface area contributed by atoms with Crippen LogP contribution in [0, 0.1) is 5.92 Å². The summed E-state index contributed by atoms with van der Waals surface area (Å²) in [6.07, 6.45) is 2.49. The van der Waals surface area contributed by atoms with Crippen molar-refractivity contribution in [3.8, 4) is 5.75 Å². The molecule has 0 unspecified atom stereocenters. The van der Waals surface area contributed by atoms with Gasteiger partial charge >= 0.3 is 0 Å². The second-order valence-electron chi connectivity index (χ2n) is 8.06. The van der Waals surface area contributed by atoms with Crippen LogP contribution in [0.15, 0.2) is 24.3 Å². The third-order valence-electron chi connectivity index (χ3n) is 6.17. The highest BCUT2D eigenvalue weighted by Crippen LogP contribution is 2.29. The monoisotopic (exact) mass is 373 g/mol. The lowest BCUT2D eigenvalue weighted by atomic mass is 9.95. The van der Waals surface area contributed by atoms with E-state index in [0.29, 0.717) is 31.7 Å². The van der Waals surface area contributed by atoms with E-state index in [4.69, 9.17) is 9.47 Å². The molecule has 4 heterocycles. The lowest BCUT2D eigenvalue weighted by Gasteiger charge is -2.37. The third-order valence-corrected chi connectivity index (χ3v) is 6.17. The molecule has 5 rings (SSSR count). The first-order valence-electron chi connectivity index (χ1n) is 10.2. The van der Waals surface area contributed by atoms with E-state index in [1.165, 1.54) is 18.4 Å². The molecule has 0 aromatic heterocycles. The standard InChI is InChI=1S/C21H31N3O3/c1-26-20-6-3-17(4-7-20)12-22-13-18-2-5-19(15-22)24(14-18)16-21(25)23-8-10-27-11-9-23/h3-4,6-7,18-19H,2,5,8-16H2,1H3/t18-,19+/m1/s1. The van der Waals surface area contributed by atoms with Crippen LogP contribution >= 0.6 is 0 Å². The van der Waals surface area contributed by atoms with E-state index in [-0.39, 0.29) is 5.91 Å². The van der Waals surface area contributed by atoms with Crippen molar-refractivity contribution in [2.45, 2.75) is 25.4 Å². The van der Waals surface area contributed by atoms with Gasteiger partial charge < -0.3 is 14.4 Å². The number of fused-ring (bicyclic) bond motifs is 4. The Morgan fingerprint density at radius 2 is 1.89 bits per heavy atom. The summed E-state index contributed by atoms with van der Waals surface area (Å²) in [4.78, 5) is 19.7. The third kappa shape index (κ3) is 4.62. The summed E-state index contributed by atoms with van der Waals surface area (Å²) in [6.45, 7) is 7.61. The van der Waals surface area contributed by atoms with Crippen LogP contribution in [0.3, 0.4) is 0 Å². The lowest BCUT2D eigenvalue weighted by molar-refractivity contribution is -0.137. The number of ether oxygens (including phenoxy) is 2. The van der Waals surface area contributed by atoms with Crippen molar-refractivity contribution in [1.29, 1.82) is 0 Å². The van der Waals surface area contributed by atoms with Crippen molar-refractivity contribution in [2.24, 2.45) is 5.92 Å². The van der Waals surface area contributed by atoms with Gasteiger partial charge in [-0.1, -0.05) is 12.1 Å². The normalized spacial score (nSPS) is 26.8. The van der Waals surface area contributed by atoms with E-state index < -0.39 is 0 Å². The molecule has 6 heteroatoms. The van der Waals surface area contributed by atoms with Gasteiger partial charge in [-0.3, -0.25) is 14.6 Å². The number of rotatable bonds is 5. The number of methoxy groups -OCH3 is 1. The first kappa shape index (κ1) is 18.7. The van der Waals surface area contributed by atoms with Gasteiger partial charge in [0.25, 0.3) is 0 Å². The number of morpholine rings is 1. The Morgan fingerprint density at radius 1 is 1.11 bits per heavy atom. The molecule has 27 heavy (non-hydrogen) atoms. The van der Waals surface area contributed by atoms with Gasteiger partial charge in [-0.2, -0.15) is 0 Å². The Morgan fingerprint density at radius 3 is 2.63 bits per heavy atom. The van der Waals surface area contributed by atoms with Gasteiger partial charge in [-0.15, -0.1) is 0 Å². The maximum atomic E-state index is 12.7.